The Morgan fingerprint density at radius 1 is 1.36 bits per heavy atom. The number of nitrogens with two attached hydrogens (primary N) is 1. The fraction of sp³-hybridized carbons (Fsp3) is 0.533. The zero-order valence-electron chi connectivity index (χ0n) is 13.3. The Labute approximate surface area is 140 Å². The number of rotatable bonds is 5. The molecule has 0 radical (unpaired) electrons. The van der Waals surface area contributed by atoms with E-state index in [1.54, 1.807) is 0 Å². The summed E-state index contributed by atoms with van der Waals surface area (Å²) < 4.78 is 71.0. The third-order valence-corrected chi connectivity index (χ3v) is 4.19. The molecule has 2 rings (SSSR count). The highest BCUT2D eigenvalue weighted by Gasteiger charge is 2.48. The van der Waals surface area contributed by atoms with Crippen LogP contribution in [0.3, 0.4) is 0 Å². The highest BCUT2D eigenvalue weighted by atomic mass is 19.4. The molecule has 3 atom stereocenters. The van der Waals surface area contributed by atoms with Crippen molar-refractivity contribution in [2.75, 3.05) is 26.8 Å². The molecule has 0 bridgehead atoms. The first-order valence-electron chi connectivity index (χ1n) is 7.44. The van der Waals surface area contributed by atoms with Crippen LogP contribution in [0.2, 0.25) is 0 Å². The average molecular weight is 367 g/mol. The van der Waals surface area contributed by atoms with Crippen LogP contribution in [-0.4, -0.2) is 56.0 Å². The Kier molecular flexibility index (Phi) is 5.83. The van der Waals surface area contributed by atoms with Crippen molar-refractivity contribution in [3.05, 3.63) is 35.4 Å². The van der Waals surface area contributed by atoms with Crippen molar-refractivity contribution in [1.82, 2.24) is 10.2 Å². The molecule has 1 aliphatic heterocycles. The minimum atomic E-state index is -4.55. The molecule has 1 aliphatic rings. The van der Waals surface area contributed by atoms with Gasteiger partial charge in [0, 0.05) is 26.1 Å². The Hall–Kier alpha value is -1.94. The van der Waals surface area contributed by atoms with E-state index in [2.05, 4.69) is 10.1 Å². The average Bonchev–Trinajstić information content (AvgIpc) is 2.89. The van der Waals surface area contributed by atoms with Gasteiger partial charge in [0.1, 0.15) is 6.04 Å². The Bertz CT molecular complexity index is 626. The zero-order valence-corrected chi connectivity index (χ0v) is 13.3. The normalized spacial score (nSPS) is 22.8. The van der Waals surface area contributed by atoms with Gasteiger partial charge < -0.3 is 15.8 Å². The first-order valence-corrected chi connectivity index (χ1v) is 7.44. The molecule has 1 saturated heterocycles. The van der Waals surface area contributed by atoms with Gasteiger partial charge in [-0.05, 0) is 17.7 Å². The van der Waals surface area contributed by atoms with Crippen LogP contribution in [0.4, 0.5) is 26.7 Å². The fourth-order valence-electron chi connectivity index (χ4n) is 3.06. The second-order valence-corrected chi connectivity index (χ2v) is 5.86. The van der Waals surface area contributed by atoms with Crippen LogP contribution in [0.25, 0.3) is 0 Å². The predicted octanol–water partition coefficient (Wildman–Crippen LogP) is 1.98. The predicted molar refractivity (Wildman–Crippen MR) is 78.9 cm³/mol. The number of hydrogen-bond donors (Lipinski definition) is 2. The van der Waals surface area contributed by atoms with Crippen molar-refractivity contribution < 1.29 is 31.5 Å². The molecule has 0 aliphatic carbocycles. The van der Waals surface area contributed by atoms with Crippen molar-refractivity contribution >= 4 is 6.03 Å². The lowest BCUT2D eigenvalue weighted by Crippen LogP contribution is -2.49. The van der Waals surface area contributed by atoms with Gasteiger partial charge in [0.15, 0.2) is 11.6 Å². The fourth-order valence-corrected chi connectivity index (χ4v) is 3.06. The summed E-state index contributed by atoms with van der Waals surface area (Å²) in [4.78, 5) is 12.3. The van der Waals surface area contributed by atoms with Gasteiger partial charge in [-0.2, -0.15) is 13.2 Å². The minimum absolute atomic E-state index is 0.121. The highest BCUT2D eigenvalue weighted by Crippen LogP contribution is 2.34. The van der Waals surface area contributed by atoms with E-state index in [-0.39, 0.29) is 18.7 Å². The summed E-state index contributed by atoms with van der Waals surface area (Å²) in [5.74, 6) is -2.85. The Morgan fingerprint density at radius 3 is 2.56 bits per heavy atom. The number of amides is 2. The topological polar surface area (TPSA) is 67.6 Å². The molecular weight excluding hydrogens is 349 g/mol. The number of methoxy groups -OCH3 is 1. The second-order valence-electron chi connectivity index (χ2n) is 5.86. The van der Waals surface area contributed by atoms with E-state index < -0.39 is 48.5 Å². The smallest absolute Gasteiger partial charge is 0.383 e. The minimum Gasteiger partial charge on any atom is -0.383 e. The molecule has 10 heteroatoms. The molecule has 3 N–H and O–H groups in total. The van der Waals surface area contributed by atoms with E-state index in [1.165, 1.54) is 6.07 Å². The molecule has 0 saturated carbocycles. The summed E-state index contributed by atoms with van der Waals surface area (Å²) in [7, 11) is 1.15. The first-order chi connectivity index (χ1) is 11.6. The number of primary amides is 1. The first kappa shape index (κ1) is 19.4. The summed E-state index contributed by atoms with van der Waals surface area (Å²) in [6.45, 7) is -0.860. The SMILES string of the molecule is COC[C@@H](N1C[C@@H](NC(N)=O)[C@H](c2ccc(F)c(F)c2)C1)C(F)(F)F. The van der Waals surface area contributed by atoms with Crippen molar-refractivity contribution in [2.45, 2.75) is 24.2 Å². The third-order valence-electron chi connectivity index (χ3n) is 4.19. The number of carbonyl (C=O) groups excluding carboxylic acids is 1. The van der Waals surface area contributed by atoms with Gasteiger partial charge in [-0.15, -0.1) is 0 Å². The standard InChI is InChI=1S/C15H18F5N3O2/c1-25-7-13(15(18,19)20)23-5-9(12(6-23)22-14(21)24)8-2-3-10(16)11(17)4-8/h2-4,9,12-13H,5-7H2,1H3,(H3,21,22,24)/t9-,12+,13+/m0/s1. The van der Waals surface area contributed by atoms with Gasteiger partial charge in [0.25, 0.3) is 0 Å². The summed E-state index contributed by atoms with van der Waals surface area (Å²) in [5.41, 5.74) is 5.36. The van der Waals surface area contributed by atoms with Crippen molar-refractivity contribution in [3.8, 4) is 0 Å². The van der Waals surface area contributed by atoms with Crippen LogP contribution in [0.5, 0.6) is 0 Å². The molecule has 1 heterocycles. The number of halogens is 5. The number of benzene rings is 1. The number of likely N-dealkylation sites (tertiary alicyclic amines) is 1. The number of hydrogen-bond acceptors (Lipinski definition) is 3. The van der Waals surface area contributed by atoms with Gasteiger partial charge in [0.05, 0.1) is 12.6 Å². The number of ether oxygens (including phenoxy) is 1. The van der Waals surface area contributed by atoms with Crippen LogP contribution in [-0.2, 0) is 4.74 Å². The van der Waals surface area contributed by atoms with E-state index in [1.807, 2.05) is 0 Å². The Balaban J connectivity index is 2.30. The van der Waals surface area contributed by atoms with Crippen LogP contribution in [0.15, 0.2) is 18.2 Å². The van der Waals surface area contributed by atoms with Crippen LogP contribution in [0, 0.1) is 11.6 Å². The van der Waals surface area contributed by atoms with Crippen molar-refractivity contribution in [3.63, 3.8) is 0 Å². The molecule has 0 spiro atoms. The quantitative estimate of drug-likeness (QED) is 0.782. The van der Waals surface area contributed by atoms with Crippen molar-refractivity contribution in [1.29, 1.82) is 0 Å². The molecule has 5 nitrogen and oxygen atoms in total. The monoisotopic (exact) mass is 367 g/mol. The molecule has 140 valence electrons. The van der Waals surface area contributed by atoms with E-state index in [9.17, 15) is 26.7 Å². The van der Waals surface area contributed by atoms with Gasteiger partial charge in [-0.25, -0.2) is 13.6 Å². The molecule has 25 heavy (non-hydrogen) atoms. The van der Waals surface area contributed by atoms with Gasteiger partial charge in [0.2, 0.25) is 0 Å². The molecule has 0 aromatic heterocycles. The molecule has 1 aromatic rings. The molecular formula is C15H18F5N3O2. The lowest BCUT2D eigenvalue weighted by molar-refractivity contribution is -0.192. The highest BCUT2D eigenvalue weighted by molar-refractivity contribution is 5.72. The number of alkyl halides is 3. The largest absolute Gasteiger partial charge is 0.406 e. The van der Waals surface area contributed by atoms with Crippen LogP contribution < -0.4 is 11.1 Å². The maximum atomic E-state index is 13.5. The van der Waals surface area contributed by atoms with Gasteiger partial charge in [-0.1, -0.05) is 6.07 Å². The summed E-state index contributed by atoms with van der Waals surface area (Å²) in [6.07, 6.45) is -4.55. The molecule has 0 unspecified atom stereocenters. The molecule has 2 amide bonds. The van der Waals surface area contributed by atoms with E-state index in [0.29, 0.717) is 0 Å². The number of nitrogens with zero attached hydrogens (tertiary/aromatic N) is 1. The lowest BCUT2D eigenvalue weighted by atomic mass is 9.94. The summed E-state index contributed by atoms with van der Waals surface area (Å²) in [6, 6.07) is -0.478. The number of urea groups is 1. The Morgan fingerprint density at radius 2 is 2.04 bits per heavy atom. The maximum Gasteiger partial charge on any atom is 0.406 e. The van der Waals surface area contributed by atoms with Crippen LogP contribution >= 0.6 is 0 Å². The van der Waals surface area contributed by atoms with Gasteiger partial charge >= 0.3 is 12.2 Å². The lowest BCUT2D eigenvalue weighted by Gasteiger charge is -2.29. The summed E-state index contributed by atoms with van der Waals surface area (Å²) >= 11 is 0. The molecule has 1 aromatic carbocycles. The number of carbonyl (C=O) groups is 1. The molecule has 1 fully saturated rings. The maximum absolute atomic E-state index is 13.5. The van der Waals surface area contributed by atoms with Crippen molar-refractivity contribution in [2.24, 2.45) is 5.73 Å². The zero-order chi connectivity index (χ0) is 18.8. The summed E-state index contributed by atoms with van der Waals surface area (Å²) in [5, 5.41) is 2.38. The van der Waals surface area contributed by atoms with E-state index in [0.717, 1.165) is 24.1 Å². The van der Waals surface area contributed by atoms with Gasteiger partial charge in [-0.3, -0.25) is 4.90 Å². The third kappa shape index (κ3) is 4.57. The van der Waals surface area contributed by atoms with E-state index >= 15 is 0 Å². The van der Waals surface area contributed by atoms with E-state index in [4.69, 9.17) is 5.73 Å². The van der Waals surface area contributed by atoms with Crippen LogP contribution in [0.1, 0.15) is 11.5 Å². The second kappa shape index (κ2) is 7.52. The number of nitrogens with one attached hydrogen (secondary N) is 1.